The van der Waals surface area contributed by atoms with E-state index in [9.17, 15) is 14.0 Å². The number of morpholine rings is 1. The first-order valence-corrected chi connectivity index (χ1v) is 6.68. The van der Waals surface area contributed by atoms with E-state index in [0.29, 0.717) is 6.54 Å². The van der Waals surface area contributed by atoms with Gasteiger partial charge in [-0.15, -0.1) is 0 Å². The zero-order valence-electron chi connectivity index (χ0n) is 11.0. The van der Waals surface area contributed by atoms with E-state index in [1.165, 1.54) is 17.0 Å². The van der Waals surface area contributed by atoms with Gasteiger partial charge in [-0.25, -0.2) is 9.18 Å². The number of urea groups is 1. The standard InChI is InChI=1S/C13H14ClFN2O4/c14-10-2-1-8(5-11(10)15)16-13(20)17-3-4-21-9(7-17)6-12(18)19/h1-2,5,9H,3-4,6-7H2,(H,16,20)(H,18,19). The maximum atomic E-state index is 13.3. The van der Waals surface area contributed by atoms with E-state index in [4.69, 9.17) is 21.4 Å². The molecule has 0 aliphatic carbocycles. The molecule has 0 bridgehead atoms. The highest BCUT2D eigenvalue weighted by Crippen LogP contribution is 2.19. The number of aliphatic carboxylic acids is 1. The van der Waals surface area contributed by atoms with E-state index in [1.807, 2.05) is 0 Å². The molecule has 0 saturated carbocycles. The van der Waals surface area contributed by atoms with Gasteiger partial charge in [-0.3, -0.25) is 4.79 Å². The smallest absolute Gasteiger partial charge is 0.322 e. The molecule has 1 aromatic rings. The van der Waals surface area contributed by atoms with Gasteiger partial charge in [0.15, 0.2) is 0 Å². The SMILES string of the molecule is O=C(O)CC1CN(C(=O)Nc2ccc(Cl)c(F)c2)CCO1. The molecule has 0 spiro atoms. The minimum Gasteiger partial charge on any atom is -0.481 e. The average Bonchev–Trinajstić information content (AvgIpc) is 2.42. The molecule has 1 heterocycles. The number of anilines is 1. The summed E-state index contributed by atoms with van der Waals surface area (Å²) in [6.45, 7) is 0.784. The number of carbonyl (C=O) groups is 2. The lowest BCUT2D eigenvalue weighted by Crippen LogP contribution is -2.47. The maximum Gasteiger partial charge on any atom is 0.322 e. The Morgan fingerprint density at radius 1 is 1.52 bits per heavy atom. The first kappa shape index (κ1) is 15.5. The predicted octanol–water partition coefficient (Wildman–Crippen LogP) is 2.19. The number of carboxylic acids is 1. The summed E-state index contributed by atoms with van der Waals surface area (Å²) >= 11 is 5.56. The fourth-order valence-electron chi connectivity index (χ4n) is 2.00. The number of carboxylic acid groups (broad SMARTS) is 1. The molecular weight excluding hydrogens is 303 g/mol. The molecule has 8 heteroatoms. The lowest BCUT2D eigenvalue weighted by Gasteiger charge is -2.32. The third-order valence-corrected chi connectivity index (χ3v) is 3.31. The second-order valence-electron chi connectivity index (χ2n) is 4.60. The number of benzene rings is 1. The van der Waals surface area contributed by atoms with Crippen molar-refractivity contribution in [3.8, 4) is 0 Å². The zero-order valence-corrected chi connectivity index (χ0v) is 11.8. The number of hydrogen-bond acceptors (Lipinski definition) is 3. The molecule has 0 aromatic heterocycles. The van der Waals surface area contributed by atoms with Crippen LogP contribution in [0.4, 0.5) is 14.9 Å². The van der Waals surface area contributed by atoms with Crippen molar-refractivity contribution in [3.05, 3.63) is 29.0 Å². The van der Waals surface area contributed by atoms with Crippen LogP contribution >= 0.6 is 11.6 Å². The van der Waals surface area contributed by atoms with E-state index in [1.54, 1.807) is 0 Å². The Kier molecular flexibility index (Phi) is 4.98. The van der Waals surface area contributed by atoms with Gasteiger partial charge in [0.05, 0.1) is 24.2 Å². The van der Waals surface area contributed by atoms with Gasteiger partial charge in [-0.2, -0.15) is 0 Å². The van der Waals surface area contributed by atoms with Crippen molar-refractivity contribution in [2.24, 2.45) is 0 Å². The molecule has 1 atom stereocenters. The molecule has 0 radical (unpaired) electrons. The molecule has 1 aliphatic heterocycles. The summed E-state index contributed by atoms with van der Waals surface area (Å²) in [4.78, 5) is 24.1. The van der Waals surface area contributed by atoms with Gasteiger partial charge in [-0.05, 0) is 18.2 Å². The van der Waals surface area contributed by atoms with E-state index < -0.39 is 23.9 Å². The summed E-state index contributed by atoms with van der Waals surface area (Å²) in [6, 6.07) is 3.52. The second kappa shape index (κ2) is 6.73. The van der Waals surface area contributed by atoms with Gasteiger partial charge >= 0.3 is 12.0 Å². The van der Waals surface area contributed by atoms with Crippen molar-refractivity contribution in [2.45, 2.75) is 12.5 Å². The van der Waals surface area contributed by atoms with E-state index in [0.717, 1.165) is 6.07 Å². The molecule has 114 valence electrons. The Morgan fingerprint density at radius 3 is 2.95 bits per heavy atom. The monoisotopic (exact) mass is 316 g/mol. The van der Waals surface area contributed by atoms with Crippen molar-refractivity contribution in [2.75, 3.05) is 25.0 Å². The van der Waals surface area contributed by atoms with Crippen LogP contribution in [0.15, 0.2) is 18.2 Å². The third kappa shape index (κ3) is 4.30. The summed E-state index contributed by atoms with van der Waals surface area (Å²) in [5, 5.41) is 11.2. The number of halogens is 2. The van der Waals surface area contributed by atoms with Gasteiger partial charge in [-0.1, -0.05) is 11.6 Å². The van der Waals surface area contributed by atoms with Crippen molar-refractivity contribution in [3.63, 3.8) is 0 Å². The number of rotatable bonds is 3. The number of carbonyl (C=O) groups excluding carboxylic acids is 1. The van der Waals surface area contributed by atoms with Crippen molar-refractivity contribution < 1.29 is 23.8 Å². The molecule has 1 saturated heterocycles. The van der Waals surface area contributed by atoms with Crippen LogP contribution in [0.2, 0.25) is 5.02 Å². The highest BCUT2D eigenvalue weighted by atomic mass is 35.5. The molecule has 2 amide bonds. The predicted molar refractivity (Wildman–Crippen MR) is 74.0 cm³/mol. The minimum atomic E-state index is -0.984. The number of amides is 2. The molecule has 2 N–H and O–H groups in total. The summed E-state index contributed by atoms with van der Waals surface area (Å²) in [6.07, 6.45) is -0.705. The number of hydrogen-bond donors (Lipinski definition) is 2. The van der Waals surface area contributed by atoms with Crippen LogP contribution in [-0.2, 0) is 9.53 Å². The lowest BCUT2D eigenvalue weighted by molar-refractivity contribution is -0.141. The van der Waals surface area contributed by atoms with Crippen molar-refractivity contribution in [1.82, 2.24) is 4.90 Å². The highest BCUT2D eigenvalue weighted by Gasteiger charge is 2.26. The topological polar surface area (TPSA) is 78.9 Å². The Morgan fingerprint density at radius 2 is 2.29 bits per heavy atom. The second-order valence-corrected chi connectivity index (χ2v) is 5.00. The van der Waals surface area contributed by atoms with Crippen molar-refractivity contribution in [1.29, 1.82) is 0 Å². The molecule has 1 unspecified atom stereocenters. The van der Waals surface area contributed by atoms with Crippen LogP contribution in [0.1, 0.15) is 6.42 Å². The van der Waals surface area contributed by atoms with Crippen LogP contribution in [0.5, 0.6) is 0 Å². The summed E-state index contributed by atoms with van der Waals surface area (Å²) in [5.74, 6) is -1.61. The van der Waals surface area contributed by atoms with Crippen LogP contribution in [0, 0.1) is 5.82 Å². The van der Waals surface area contributed by atoms with E-state index in [-0.39, 0.29) is 30.3 Å². The molecule has 1 fully saturated rings. The van der Waals surface area contributed by atoms with Gasteiger partial charge in [0.1, 0.15) is 5.82 Å². The summed E-state index contributed by atoms with van der Waals surface area (Å²) in [5.41, 5.74) is 0.281. The number of nitrogens with zero attached hydrogens (tertiary/aromatic N) is 1. The molecule has 1 aliphatic rings. The molecular formula is C13H14ClFN2O4. The van der Waals surface area contributed by atoms with Crippen LogP contribution in [0.3, 0.4) is 0 Å². The quantitative estimate of drug-likeness (QED) is 0.896. The third-order valence-electron chi connectivity index (χ3n) is 3.00. The Hall–Kier alpha value is -1.86. The van der Waals surface area contributed by atoms with E-state index in [2.05, 4.69) is 5.32 Å². The molecule has 2 rings (SSSR count). The Bertz CT molecular complexity index is 555. The molecule has 1 aromatic carbocycles. The van der Waals surface area contributed by atoms with Gasteiger partial charge < -0.3 is 20.1 Å². The lowest BCUT2D eigenvalue weighted by atomic mass is 10.2. The molecule has 21 heavy (non-hydrogen) atoms. The first-order valence-electron chi connectivity index (χ1n) is 6.30. The van der Waals surface area contributed by atoms with Crippen LogP contribution < -0.4 is 5.32 Å². The fraction of sp³-hybridized carbons (Fsp3) is 0.385. The van der Waals surface area contributed by atoms with Crippen LogP contribution in [-0.4, -0.2) is 47.8 Å². The summed E-state index contributed by atoms with van der Waals surface area (Å²) < 4.78 is 18.6. The Balaban J connectivity index is 1.96. The first-order chi connectivity index (χ1) is 9.95. The van der Waals surface area contributed by atoms with Gasteiger partial charge in [0.25, 0.3) is 0 Å². The number of ether oxygens (including phenoxy) is 1. The minimum absolute atomic E-state index is 0.0270. The largest absolute Gasteiger partial charge is 0.481 e. The zero-order chi connectivity index (χ0) is 15.4. The summed E-state index contributed by atoms with van der Waals surface area (Å²) in [7, 11) is 0. The van der Waals surface area contributed by atoms with Gasteiger partial charge in [0, 0.05) is 18.8 Å². The molecule has 6 nitrogen and oxygen atoms in total. The van der Waals surface area contributed by atoms with Gasteiger partial charge in [0.2, 0.25) is 0 Å². The maximum absolute atomic E-state index is 13.3. The number of nitrogens with one attached hydrogen (secondary N) is 1. The van der Waals surface area contributed by atoms with Crippen molar-refractivity contribution >= 4 is 29.3 Å². The van der Waals surface area contributed by atoms with Crippen LogP contribution in [0.25, 0.3) is 0 Å². The van der Waals surface area contributed by atoms with E-state index >= 15 is 0 Å². The fourth-order valence-corrected chi connectivity index (χ4v) is 2.12. The average molecular weight is 317 g/mol. The highest BCUT2D eigenvalue weighted by molar-refractivity contribution is 6.30. The normalized spacial score (nSPS) is 18.4. The Labute approximate surface area is 125 Å².